The van der Waals surface area contributed by atoms with Gasteiger partial charge in [0.2, 0.25) is 0 Å². The maximum atomic E-state index is 12.9. The largest absolute Gasteiger partial charge is 0.416 e. The number of hydrogen-bond acceptors (Lipinski definition) is 3. The number of benzene rings is 2. The molecule has 3 N–H and O–H groups in total. The molecule has 0 saturated carbocycles. The Bertz CT molecular complexity index is 877. The number of nitrogens with one attached hydrogen (secondary N) is 1. The van der Waals surface area contributed by atoms with E-state index in [9.17, 15) is 18.0 Å². The summed E-state index contributed by atoms with van der Waals surface area (Å²) in [5.41, 5.74) is 7.24. The minimum atomic E-state index is -4.44. The van der Waals surface area contributed by atoms with E-state index in [1.165, 1.54) is 12.1 Å². The van der Waals surface area contributed by atoms with Crippen molar-refractivity contribution in [2.45, 2.75) is 25.1 Å². The topological polar surface area (TPSA) is 55.1 Å². The summed E-state index contributed by atoms with van der Waals surface area (Å²) in [5.74, 6) is -0.133. The van der Waals surface area contributed by atoms with Crippen LogP contribution in [0.2, 0.25) is 5.02 Å². The van der Waals surface area contributed by atoms with Crippen LogP contribution in [0.3, 0.4) is 0 Å². The summed E-state index contributed by atoms with van der Waals surface area (Å²) in [6.45, 7) is 0. The van der Waals surface area contributed by atoms with Gasteiger partial charge in [0.25, 0.3) is 0 Å². The van der Waals surface area contributed by atoms with Gasteiger partial charge in [-0.05, 0) is 36.2 Å². The normalized spacial score (nSPS) is 16.1. The van der Waals surface area contributed by atoms with Gasteiger partial charge in [-0.3, -0.25) is 4.79 Å². The molecule has 0 heterocycles. The van der Waals surface area contributed by atoms with Gasteiger partial charge in [0, 0.05) is 28.4 Å². The summed E-state index contributed by atoms with van der Waals surface area (Å²) in [5, 5.41) is 3.38. The second-order valence-corrected chi connectivity index (χ2v) is 6.43. The van der Waals surface area contributed by atoms with Crippen molar-refractivity contribution in [1.82, 2.24) is 0 Å². The highest BCUT2D eigenvalue weighted by molar-refractivity contribution is 6.31. The predicted molar refractivity (Wildman–Crippen MR) is 94.7 cm³/mol. The quantitative estimate of drug-likeness (QED) is 0.777. The second-order valence-electron chi connectivity index (χ2n) is 6.02. The van der Waals surface area contributed by atoms with Crippen LogP contribution >= 0.6 is 11.6 Å². The van der Waals surface area contributed by atoms with E-state index < -0.39 is 17.8 Å². The van der Waals surface area contributed by atoms with E-state index in [-0.39, 0.29) is 17.9 Å². The number of nitrogens with two attached hydrogens (primary N) is 1. The van der Waals surface area contributed by atoms with Gasteiger partial charge in [-0.15, -0.1) is 0 Å². The molecular weight excluding hydrogens is 365 g/mol. The molecule has 0 fully saturated rings. The molecule has 0 bridgehead atoms. The van der Waals surface area contributed by atoms with Crippen molar-refractivity contribution in [2.75, 3.05) is 5.32 Å². The van der Waals surface area contributed by atoms with E-state index in [0.717, 1.165) is 12.1 Å². The van der Waals surface area contributed by atoms with Crippen molar-refractivity contribution in [1.29, 1.82) is 0 Å². The average Bonchev–Trinajstić information content (AvgIpc) is 2.94. The fourth-order valence-corrected chi connectivity index (χ4v) is 3.25. The van der Waals surface area contributed by atoms with Crippen LogP contribution in [0.25, 0.3) is 0 Å². The zero-order valence-electron chi connectivity index (χ0n) is 13.6. The number of alkyl halides is 3. The van der Waals surface area contributed by atoms with Gasteiger partial charge >= 0.3 is 6.18 Å². The molecule has 0 saturated heterocycles. The van der Waals surface area contributed by atoms with Crippen molar-refractivity contribution < 1.29 is 18.0 Å². The van der Waals surface area contributed by atoms with Crippen LogP contribution in [-0.2, 0) is 11.0 Å². The fourth-order valence-electron chi connectivity index (χ4n) is 3.00. The molecule has 26 heavy (non-hydrogen) atoms. The number of allylic oxidation sites excluding steroid dienone is 1. The lowest BCUT2D eigenvalue weighted by atomic mass is 9.97. The molecule has 0 spiro atoms. The predicted octanol–water partition coefficient (Wildman–Crippen LogP) is 5.09. The summed E-state index contributed by atoms with van der Waals surface area (Å²) in [6, 6.07) is 11.0. The van der Waals surface area contributed by atoms with Gasteiger partial charge < -0.3 is 11.1 Å². The molecule has 0 aliphatic heterocycles. The van der Waals surface area contributed by atoms with Crippen LogP contribution in [0.4, 0.5) is 18.9 Å². The lowest BCUT2D eigenvalue weighted by Crippen LogP contribution is -2.19. The molecule has 3 rings (SSSR count). The average molecular weight is 381 g/mol. The Morgan fingerprint density at radius 3 is 2.50 bits per heavy atom. The molecule has 2 aromatic carbocycles. The van der Waals surface area contributed by atoms with Gasteiger partial charge in [-0.25, -0.2) is 0 Å². The van der Waals surface area contributed by atoms with E-state index in [1.54, 1.807) is 24.3 Å². The van der Waals surface area contributed by atoms with Gasteiger partial charge in [0.15, 0.2) is 5.78 Å². The number of hydrogen-bond donors (Lipinski definition) is 2. The number of anilines is 1. The zero-order chi connectivity index (χ0) is 18.9. The first-order valence-electron chi connectivity index (χ1n) is 7.98. The first-order valence-corrected chi connectivity index (χ1v) is 8.35. The number of halogens is 4. The van der Waals surface area contributed by atoms with Gasteiger partial charge in [0.1, 0.15) is 0 Å². The molecule has 2 aromatic rings. The molecule has 3 nitrogen and oxygen atoms in total. The number of carbonyl (C=O) groups is 1. The van der Waals surface area contributed by atoms with E-state index in [1.807, 2.05) is 0 Å². The molecule has 0 amide bonds. The summed E-state index contributed by atoms with van der Waals surface area (Å²) in [4.78, 5) is 12.3. The number of ketones is 1. The maximum Gasteiger partial charge on any atom is 0.416 e. The third-order valence-electron chi connectivity index (χ3n) is 4.26. The highest BCUT2D eigenvalue weighted by atomic mass is 35.5. The van der Waals surface area contributed by atoms with E-state index in [0.29, 0.717) is 28.3 Å². The summed E-state index contributed by atoms with van der Waals surface area (Å²) >= 11 is 6.16. The van der Waals surface area contributed by atoms with Gasteiger partial charge in [-0.1, -0.05) is 35.9 Å². The first-order chi connectivity index (χ1) is 12.3. The smallest absolute Gasteiger partial charge is 0.358 e. The van der Waals surface area contributed by atoms with E-state index in [2.05, 4.69) is 5.32 Å². The minimum absolute atomic E-state index is 0.133. The Balaban J connectivity index is 1.95. The molecular formula is C19H16ClF3N2O. The van der Waals surface area contributed by atoms with Crippen LogP contribution in [-0.4, -0.2) is 5.78 Å². The van der Waals surface area contributed by atoms with Crippen molar-refractivity contribution >= 4 is 23.1 Å². The SMILES string of the molecule is NC(C1=C(Nc2cccc(C(F)(F)F)c2)CCC1=O)c1ccccc1Cl. The third kappa shape index (κ3) is 3.76. The summed E-state index contributed by atoms with van der Waals surface area (Å²) in [7, 11) is 0. The highest BCUT2D eigenvalue weighted by Gasteiger charge is 2.32. The molecule has 1 aliphatic rings. The Kier molecular flexibility index (Phi) is 5.07. The lowest BCUT2D eigenvalue weighted by molar-refractivity contribution is -0.137. The van der Waals surface area contributed by atoms with Crippen LogP contribution < -0.4 is 11.1 Å². The van der Waals surface area contributed by atoms with Crippen molar-refractivity contribution in [3.63, 3.8) is 0 Å². The first kappa shape index (κ1) is 18.5. The number of carbonyl (C=O) groups excluding carboxylic acids is 1. The van der Waals surface area contributed by atoms with Crippen LogP contribution in [0.5, 0.6) is 0 Å². The van der Waals surface area contributed by atoms with Crippen LogP contribution in [0.15, 0.2) is 59.8 Å². The molecule has 136 valence electrons. The van der Waals surface area contributed by atoms with Crippen molar-refractivity contribution in [3.05, 3.63) is 76.0 Å². The monoisotopic (exact) mass is 380 g/mol. The Labute approximate surface area is 153 Å². The van der Waals surface area contributed by atoms with Crippen molar-refractivity contribution in [2.24, 2.45) is 5.73 Å². The number of Topliss-reactive ketones (excluding diaryl/α,β-unsaturated/α-hetero) is 1. The standard InChI is InChI=1S/C19H16ClF3N2O/c20-14-7-2-1-6-13(14)18(24)17-15(8-9-16(17)26)25-12-5-3-4-11(10-12)19(21,22)23/h1-7,10,18,25H,8-9,24H2. The Morgan fingerprint density at radius 1 is 1.08 bits per heavy atom. The van der Waals surface area contributed by atoms with Crippen LogP contribution in [0.1, 0.15) is 30.0 Å². The summed E-state index contributed by atoms with van der Waals surface area (Å²) < 4.78 is 38.7. The van der Waals surface area contributed by atoms with Crippen LogP contribution in [0, 0.1) is 0 Å². The molecule has 7 heteroatoms. The molecule has 1 unspecified atom stereocenters. The van der Waals surface area contributed by atoms with E-state index >= 15 is 0 Å². The molecule has 1 aliphatic carbocycles. The lowest BCUT2D eigenvalue weighted by Gasteiger charge is -2.18. The Morgan fingerprint density at radius 2 is 1.81 bits per heavy atom. The van der Waals surface area contributed by atoms with Crippen molar-refractivity contribution in [3.8, 4) is 0 Å². The number of rotatable bonds is 4. The van der Waals surface area contributed by atoms with Gasteiger partial charge in [0.05, 0.1) is 11.6 Å². The Hall–Kier alpha value is -2.31. The highest BCUT2D eigenvalue weighted by Crippen LogP contribution is 2.36. The van der Waals surface area contributed by atoms with E-state index in [4.69, 9.17) is 17.3 Å². The molecule has 0 aromatic heterocycles. The maximum absolute atomic E-state index is 12.9. The third-order valence-corrected chi connectivity index (χ3v) is 4.61. The second kappa shape index (κ2) is 7.13. The summed E-state index contributed by atoms with van der Waals surface area (Å²) in [6.07, 6.45) is -3.79. The van der Waals surface area contributed by atoms with Gasteiger partial charge in [-0.2, -0.15) is 13.2 Å². The fraction of sp³-hybridized carbons (Fsp3) is 0.211. The molecule has 0 radical (unpaired) electrons. The molecule has 1 atom stereocenters. The minimum Gasteiger partial charge on any atom is -0.358 e. The zero-order valence-corrected chi connectivity index (χ0v) is 14.4.